The molecule has 35 heavy (non-hydrogen) atoms. The highest BCUT2D eigenvalue weighted by molar-refractivity contribution is 9.10. The van der Waals surface area contributed by atoms with Gasteiger partial charge in [0, 0.05) is 29.0 Å². The lowest BCUT2D eigenvalue weighted by Gasteiger charge is -2.28. The van der Waals surface area contributed by atoms with Crippen molar-refractivity contribution in [3.8, 4) is 28.3 Å². The number of rotatable bonds is 7. The molecule has 2 heterocycles. The SMILES string of the molecule is COc1ccc(-c2ccc(-c3nc4ccc(Br)cc4n3C[C@]3(C(=O)C4CC4)CCNC3)cc2)cc1. The van der Waals surface area contributed by atoms with Gasteiger partial charge in [0.05, 0.1) is 23.6 Å². The second-order valence-electron chi connectivity index (χ2n) is 9.81. The van der Waals surface area contributed by atoms with Crippen LogP contribution in [-0.2, 0) is 11.3 Å². The summed E-state index contributed by atoms with van der Waals surface area (Å²) in [6, 6.07) is 22.8. The Morgan fingerprint density at radius 1 is 1.06 bits per heavy atom. The Balaban J connectivity index is 1.41. The summed E-state index contributed by atoms with van der Waals surface area (Å²) in [5.74, 6) is 2.43. The van der Waals surface area contributed by atoms with E-state index < -0.39 is 0 Å². The third-order valence-electron chi connectivity index (χ3n) is 7.45. The number of benzene rings is 3. The first-order valence-corrected chi connectivity index (χ1v) is 13.0. The highest BCUT2D eigenvalue weighted by atomic mass is 79.9. The number of imidazole rings is 1. The number of methoxy groups -OCH3 is 1. The van der Waals surface area contributed by atoms with Crippen molar-refractivity contribution in [1.29, 1.82) is 0 Å². The summed E-state index contributed by atoms with van der Waals surface area (Å²) in [5, 5.41) is 3.47. The molecule has 1 aliphatic carbocycles. The maximum Gasteiger partial charge on any atom is 0.145 e. The molecule has 3 aromatic carbocycles. The number of ether oxygens (including phenoxy) is 1. The minimum atomic E-state index is -0.366. The zero-order valence-electron chi connectivity index (χ0n) is 19.8. The van der Waals surface area contributed by atoms with Crippen molar-refractivity contribution in [2.75, 3.05) is 20.2 Å². The van der Waals surface area contributed by atoms with E-state index in [2.05, 4.69) is 68.3 Å². The Morgan fingerprint density at radius 3 is 2.37 bits per heavy atom. The average Bonchev–Trinajstić information content (AvgIpc) is 3.54. The van der Waals surface area contributed by atoms with E-state index in [1.807, 2.05) is 24.3 Å². The van der Waals surface area contributed by atoms with Gasteiger partial charge in [0.25, 0.3) is 0 Å². The van der Waals surface area contributed by atoms with Gasteiger partial charge in [0.1, 0.15) is 17.4 Å². The predicted molar refractivity (Wildman–Crippen MR) is 143 cm³/mol. The molecule has 0 spiro atoms. The summed E-state index contributed by atoms with van der Waals surface area (Å²) in [6.45, 7) is 2.28. The summed E-state index contributed by atoms with van der Waals surface area (Å²) in [4.78, 5) is 18.5. The molecule has 6 heteroatoms. The van der Waals surface area contributed by atoms with Crippen LogP contribution in [0.3, 0.4) is 0 Å². The van der Waals surface area contributed by atoms with E-state index in [-0.39, 0.29) is 11.3 Å². The van der Waals surface area contributed by atoms with E-state index in [0.29, 0.717) is 12.3 Å². The third kappa shape index (κ3) is 4.19. The smallest absolute Gasteiger partial charge is 0.145 e. The van der Waals surface area contributed by atoms with E-state index in [1.54, 1.807) is 7.11 Å². The first-order chi connectivity index (χ1) is 17.1. The van der Waals surface area contributed by atoms with Crippen LogP contribution < -0.4 is 10.1 Å². The number of hydrogen-bond acceptors (Lipinski definition) is 4. The fourth-order valence-electron chi connectivity index (χ4n) is 5.32. The fourth-order valence-corrected chi connectivity index (χ4v) is 5.67. The van der Waals surface area contributed by atoms with Gasteiger partial charge in [0.15, 0.2) is 0 Å². The second-order valence-corrected chi connectivity index (χ2v) is 10.7. The van der Waals surface area contributed by atoms with Crippen LogP contribution in [0.2, 0.25) is 0 Å². The molecule has 1 saturated heterocycles. The summed E-state index contributed by atoms with van der Waals surface area (Å²) in [7, 11) is 1.68. The van der Waals surface area contributed by atoms with Gasteiger partial charge >= 0.3 is 0 Å². The Kier molecular flexibility index (Phi) is 5.73. The predicted octanol–water partition coefficient (Wildman–Crippen LogP) is 6.10. The summed E-state index contributed by atoms with van der Waals surface area (Å²) >= 11 is 3.64. The van der Waals surface area contributed by atoms with Crippen molar-refractivity contribution in [2.45, 2.75) is 25.8 Å². The quantitative estimate of drug-likeness (QED) is 0.314. The first-order valence-electron chi connectivity index (χ1n) is 12.2. The number of Topliss-reactive ketones (excluding diaryl/α,β-unsaturated/α-hetero) is 1. The number of aromatic nitrogens is 2. The lowest BCUT2D eigenvalue weighted by atomic mass is 9.80. The van der Waals surface area contributed by atoms with Crippen LogP contribution in [0.1, 0.15) is 19.3 Å². The number of nitrogens with one attached hydrogen (secondary N) is 1. The van der Waals surface area contributed by atoms with Crippen LogP contribution >= 0.6 is 15.9 Å². The standard InChI is InChI=1S/C29H28BrN3O2/c1-35-24-11-8-20(9-12-24)19-2-6-22(7-3-19)28-32-25-13-10-23(30)16-26(25)33(28)18-29(14-15-31-17-29)27(34)21-4-5-21/h2-3,6-13,16,21,31H,4-5,14-15,17-18H2,1H3/t29-/m0/s1. The van der Waals surface area contributed by atoms with Crippen molar-refractivity contribution < 1.29 is 9.53 Å². The monoisotopic (exact) mass is 529 g/mol. The molecule has 2 aliphatic rings. The summed E-state index contributed by atoms with van der Waals surface area (Å²) < 4.78 is 8.57. The molecule has 6 rings (SSSR count). The lowest BCUT2D eigenvalue weighted by Crippen LogP contribution is -2.39. The second kappa shape index (κ2) is 8.92. The van der Waals surface area contributed by atoms with Crippen LogP contribution in [0.4, 0.5) is 0 Å². The van der Waals surface area contributed by atoms with Crippen LogP contribution in [0.15, 0.2) is 71.2 Å². The molecule has 0 unspecified atom stereocenters. The lowest BCUT2D eigenvalue weighted by molar-refractivity contribution is -0.129. The number of fused-ring (bicyclic) bond motifs is 1. The van der Waals surface area contributed by atoms with Gasteiger partial charge < -0.3 is 14.6 Å². The van der Waals surface area contributed by atoms with E-state index >= 15 is 0 Å². The minimum Gasteiger partial charge on any atom is -0.497 e. The molecule has 4 aromatic rings. The van der Waals surface area contributed by atoms with Crippen LogP contribution in [0.5, 0.6) is 5.75 Å². The maximum absolute atomic E-state index is 13.5. The van der Waals surface area contributed by atoms with Gasteiger partial charge in [-0.15, -0.1) is 0 Å². The van der Waals surface area contributed by atoms with Gasteiger partial charge in [-0.25, -0.2) is 4.98 Å². The Morgan fingerprint density at radius 2 is 1.74 bits per heavy atom. The van der Waals surface area contributed by atoms with E-state index in [9.17, 15) is 4.79 Å². The molecule has 0 bridgehead atoms. The van der Waals surface area contributed by atoms with E-state index in [4.69, 9.17) is 9.72 Å². The van der Waals surface area contributed by atoms with Crippen molar-refractivity contribution >= 4 is 32.7 Å². The Hall–Kier alpha value is -2.96. The fraction of sp³-hybridized carbons (Fsp3) is 0.310. The first kappa shape index (κ1) is 22.5. The number of carbonyl (C=O) groups excluding carboxylic acids is 1. The van der Waals surface area contributed by atoms with E-state index in [0.717, 1.165) is 76.1 Å². The van der Waals surface area contributed by atoms with Crippen LogP contribution in [0.25, 0.3) is 33.5 Å². The van der Waals surface area contributed by atoms with Gasteiger partial charge in [-0.3, -0.25) is 4.79 Å². The third-order valence-corrected chi connectivity index (χ3v) is 7.95. The molecule has 1 atom stereocenters. The molecule has 1 N–H and O–H groups in total. The zero-order valence-corrected chi connectivity index (χ0v) is 21.3. The highest BCUT2D eigenvalue weighted by Gasteiger charge is 2.48. The van der Waals surface area contributed by atoms with Crippen LogP contribution in [0, 0.1) is 11.3 Å². The maximum atomic E-state index is 13.5. The largest absolute Gasteiger partial charge is 0.497 e. The molecule has 5 nitrogen and oxygen atoms in total. The summed E-state index contributed by atoms with van der Waals surface area (Å²) in [5.41, 5.74) is 4.97. The minimum absolute atomic E-state index is 0.239. The van der Waals surface area contributed by atoms with Gasteiger partial charge in [0.2, 0.25) is 0 Å². The number of carbonyl (C=O) groups is 1. The van der Waals surface area contributed by atoms with Gasteiger partial charge in [-0.1, -0.05) is 52.3 Å². The Labute approximate surface area is 213 Å². The average molecular weight is 530 g/mol. The highest BCUT2D eigenvalue weighted by Crippen LogP contribution is 2.42. The number of nitrogens with zero attached hydrogens (tertiary/aromatic N) is 2. The zero-order chi connectivity index (χ0) is 24.0. The number of ketones is 1. The number of hydrogen-bond donors (Lipinski definition) is 1. The number of halogens is 1. The molecule has 0 amide bonds. The molecule has 0 radical (unpaired) electrons. The molecular formula is C29H28BrN3O2. The van der Waals surface area contributed by atoms with Crippen LogP contribution in [-0.4, -0.2) is 35.5 Å². The van der Waals surface area contributed by atoms with Gasteiger partial charge in [-0.2, -0.15) is 0 Å². The molecule has 1 aliphatic heterocycles. The summed E-state index contributed by atoms with van der Waals surface area (Å²) in [6.07, 6.45) is 2.96. The van der Waals surface area contributed by atoms with Crippen molar-refractivity contribution in [1.82, 2.24) is 14.9 Å². The normalized spacial score (nSPS) is 19.8. The van der Waals surface area contributed by atoms with Gasteiger partial charge in [-0.05, 0) is 67.3 Å². The molecular weight excluding hydrogens is 502 g/mol. The van der Waals surface area contributed by atoms with E-state index in [1.165, 1.54) is 0 Å². The molecule has 2 fully saturated rings. The molecule has 178 valence electrons. The Bertz CT molecular complexity index is 1380. The molecule has 1 aromatic heterocycles. The van der Waals surface area contributed by atoms with Crippen molar-refractivity contribution in [3.05, 3.63) is 71.2 Å². The topological polar surface area (TPSA) is 56.2 Å². The molecule has 1 saturated carbocycles. The van der Waals surface area contributed by atoms with Crippen molar-refractivity contribution in [2.24, 2.45) is 11.3 Å². The van der Waals surface area contributed by atoms with Crippen molar-refractivity contribution in [3.63, 3.8) is 0 Å².